The van der Waals surface area contributed by atoms with Gasteiger partial charge in [0.05, 0.1) is 0 Å². The molecule has 0 bridgehead atoms. The van der Waals surface area contributed by atoms with Gasteiger partial charge in [-0.05, 0) is 68.9 Å². The Hall–Kier alpha value is -2.83. The number of nitrogens with one attached hydrogen (secondary N) is 1. The molecule has 1 aromatic carbocycles. The van der Waals surface area contributed by atoms with Crippen LogP contribution in [0.4, 0.5) is 0 Å². The fraction of sp³-hybridized carbons (Fsp3) is 0.560. The van der Waals surface area contributed by atoms with E-state index in [2.05, 4.69) is 17.6 Å². The van der Waals surface area contributed by atoms with Gasteiger partial charge in [0.1, 0.15) is 11.8 Å². The summed E-state index contributed by atoms with van der Waals surface area (Å²) in [5.41, 5.74) is 8.67. The van der Waals surface area contributed by atoms with Crippen molar-refractivity contribution in [3.8, 4) is 0 Å². The van der Waals surface area contributed by atoms with Crippen molar-refractivity contribution in [3.63, 3.8) is 0 Å². The summed E-state index contributed by atoms with van der Waals surface area (Å²) in [4.78, 5) is 27.1. The first-order valence-corrected chi connectivity index (χ1v) is 11.9. The number of nitrogens with zero attached hydrogens (tertiary/aromatic N) is 2. The summed E-state index contributed by atoms with van der Waals surface area (Å²) in [6.07, 6.45) is 7.28. The van der Waals surface area contributed by atoms with Crippen LogP contribution in [-0.2, 0) is 22.6 Å². The zero-order valence-corrected chi connectivity index (χ0v) is 18.8. The first-order chi connectivity index (χ1) is 15.4. The zero-order chi connectivity index (χ0) is 22.8. The number of aryl methyl sites for hydroxylation is 2. The average molecular weight is 439 g/mol. The average Bonchev–Trinajstić information content (AvgIpc) is 3.50. The summed E-state index contributed by atoms with van der Waals surface area (Å²) in [6.45, 7) is 3.59. The maximum Gasteiger partial charge on any atom is 0.316 e. The maximum absolute atomic E-state index is 13.3. The molecule has 172 valence electrons. The van der Waals surface area contributed by atoms with E-state index in [-0.39, 0.29) is 23.7 Å². The Morgan fingerprint density at radius 2 is 1.94 bits per heavy atom. The lowest BCUT2D eigenvalue weighted by atomic mass is 9.89. The summed E-state index contributed by atoms with van der Waals surface area (Å²) in [6, 6.07) is 8.13. The lowest BCUT2D eigenvalue weighted by Gasteiger charge is -2.29. The SMILES string of the molecule is CCn1c(CC[C@@H]2CCCN2C(=O)C(C(=O)O)C2CCCC2)cc2ccc(C(=N)N)cc21. The minimum Gasteiger partial charge on any atom is -0.481 e. The van der Waals surface area contributed by atoms with Crippen molar-refractivity contribution in [3.05, 3.63) is 35.5 Å². The number of nitrogen functional groups attached to an aromatic ring is 1. The molecule has 1 unspecified atom stereocenters. The Kier molecular flexibility index (Phi) is 6.53. The lowest BCUT2D eigenvalue weighted by molar-refractivity contribution is -0.154. The molecule has 2 heterocycles. The molecule has 2 atom stereocenters. The first-order valence-electron chi connectivity index (χ1n) is 11.9. The summed E-state index contributed by atoms with van der Waals surface area (Å²) in [5, 5.41) is 18.6. The maximum atomic E-state index is 13.3. The highest BCUT2D eigenvalue weighted by Crippen LogP contribution is 2.35. The van der Waals surface area contributed by atoms with E-state index in [4.69, 9.17) is 11.1 Å². The van der Waals surface area contributed by atoms with Gasteiger partial charge in [-0.25, -0.2) is 0 Å². The van der Waals surface area contributed by atoms with E-state index in [9.17, 15) is 14.7 Å². The fourth-order valence-electron chi connectivity index (χ4n) is 5.78. The van der Waals surface area contributed by atoms with Gasteiger partial charge in [0, 0.05) is 35.9 Å². The van der Waals surface area contributed by atoms with E-state index in [0.29, 0.717) is 6.54 Å². The second-order valence-electron chi connectivity index (χ2n) is 9.29. The van der Waals surface area contributed by atoms with Crippen molar-refractivity contribution >= 4 is 28.6 Å². The number of hydrogen-bond donors (Lipinski definition) is 3. The number of hydrogen-bond acceptors (Lipinski definition) is 3. The van der Waals surface area contributed by atoms with E-state index >= 15 is 0 Å². The molecule has 4 N–H and O–H groups in total. The molecular formula is C25H34N4O3. The smallest absolute Gasteiger partial charge is 0.316 e. The van der Waals surface area contributed by atoms with Gasteiger partial charge in [-0.1, -0.05) is 25.0 Å². The molecule has 1 aromatic heterocycles. The second kappa shape index (κ2) is 9.35. The number of rotatable bonds is 8. The van der Waals surface area contributed by atoms with Gasteiger partial charge in [-0.3, -0.25) is 15.0 Å². The standard InChI is InChI=1S/C25H34N4O3/c1-2-28-20(14-17-9-10-18(23(26)27)15-21(17)28)12-11-19-8-5-13-29(19)24(30)22(25(31)32)16-6-3-4-7-16/h9-10,14-16,19,22H,2-8,11-13H2,1H3,(H3,26,27)(H,31,32)/t19-,22?/m0/s1. The van der Waals surface area contributed by atoms with Crippen LogP contribution < -0.4 is 5.73 Å². The Morgan fingerprint density at radius 1 is 1.19 bits per heavy atom. The zero-order valence-electron chi connectivity index (χ0n) is 18.8. The number of aromatic nitrogens is 1. The number of benzene rings is 1. The monoisotopic (exact) mass is 438 g/mol. The Bertz CT molecular complexity index is 1020. The van der Waals surface area contributed by atoms with E-state index in [0.717, 1.165) is 74.4 Å². The number of aliphatic carboxylic acids is 1. The highest BCUT2D eigenvalue weighted by Gasteiger charge is 2.41. The summed E-state index contributed by atoms with van der Waals surface area (Å²) >= 11 is 0. The molecule has 0 spiro atoms. The molecule has 0 radical (unpaired) electrons. The van der Waals surface area contributed by atoms with Gasteiger partial charge in [0.25, 0.3) is 0 Å². The highest BCUT2D eigenvalue weighted by molar-refractivity contribution is 5.99. The predicted molar refractivity (Wildman–Crippen MR) is 125 cm³/mol. The number of amidine groups is 1. The number of carbonyl (C=O) groups is 2. The summed E-state index contributed by atoms with van der Waals surface area (Å²) in [5.74, 6) is -1.97. The van der Waals surface area contributed by atoms with E-state index in [1.54, 1.807) is 0 Å². The van der Waals surface area contributed by atoms with Gasteiger partial charge >= 0.3 is 5.97 Å². The molecule has 1 amide bonds. The van der Waals surface area contributed by atoms with Crippen molar-refractivity contribution in [1.29, 1.82) is 5.41 Å². The van der Waals surface area contributed by atoms with E-state index in [1.807, 2.05) is 23.1 Å². The Morgan fingerprint density at radius 3 is 2.59 bits per heavy atom. The van der Waals surface area contributed by atoms with Crippen LogP contribution in [0.1, 0.15) is 63.1 Å². The normalized spacial score (nSPS) is 20.2. The molecule has 7 nitrogen and oxygen atoms in total. The summed E-state index contributed by atoms with van der Waals surface area (Å²) < 4.78 is 2.25. The quantitative estimate of drug-likeness (QED) is 0.331. The number of nitrogens with two attached hydrogens (primary N) is 1. The third-order valence-electron chi connectivity index (χ3n) is 7.41. The molecule has 1 aliphatic carbocycles. The third-order valence-corrected chi connectivity index (χ3v) is 7.41. The minimum absolute atomic E-state index is 0.0145. The first kappa shape index (κ1) is 22.4. The molecule has 1 saturated carbocycles. The van der Waals surface area contributed by atoms with Crippen LogP contribution in [0.5, 0.6) is 0 Å². The number of carboxylic acid groups (broad SMARTS) is 1. The van der Waals surface area contributed by atoms with Gasteiger partial charge < -0.3 is 20.3 Å². The van der Waals surface area contributed by atoms with E-state index < -0.39 is 11.9 Å². The Balaban J connectivity index is 1.50. The summed E-state index contributed by atoms with van der Waals surface area (Å²) in [7, 11) is 0. The topological polar surface area (TPSA) is 112 Å². The number of fused-ring (bicyclic) bond motifs is 1. The largest absolute Gasteiger partial charge is 0.481 e. The van der Waals surface area contributed by atoms with Crippen LogP contribution in [0, 0.1) is 17.2 Å². The molecule has 7 heteroatoms. The third kappa shape index (κ3) is 4.25. The molecule has 2 aliphatic rings. The number of carboxylic acids is 1. The van der Waals surface area contributed by atoms with E-state index in [1.165, 1.54) is 5.69 Å². The van der Waals surface area contributed by atoms with Crippen molar-refractivity contribution < 1.29 is 14.7 Å². The van der Waals surface area contributed by atoms with Crippen LogP contribution in [0.3, 0.4) is 0 Å². The molecule has 1 saturated heterocycles. The van der Waals surface area contributed by atoms with Crippen LogP contribution in [0.2, 0.25) is 0 Å². The molecule has 32 heavy (non-hydrogen) atoms. The Labute approximate surface area is 189 Å². The predicted octanol–water partition coefficient (Wildman–Crippen LogP) is 3.76. The van der Waals surface area contributed by atoms with Gasteiger partial charge in [-0.2, -0.15) is 0 Å². The van der Waals surface area contributed by atoms with Gasteiger partial charge in [0.2, 0.25) is 5.91 Å². The number of amides is 1. The number of carbonyl (C=O) groups excluding carboxylic acids is 1. The van der Waals surface area contributed by atoms with Crippen molar-refractivity contribution in [1.82, 2.24) is 9.47 Å². The molecular weight excluding hydrogens is 404 g/mol. The van der Waals surface area contributed by atoms with Crippen molar-refractivity contribution in [2.24, 2.45) is 17.6 Å². The van der Waals surface area contributed by atoms with Crippen molar-refractivity contribution in [2.75, 3.05) is 6.54 Å². The van der Waals surface area contributed by atoms with Crippen LogP contribution in [0.15, 0.2) is 24.3 Å². The van der Waals surface area contributed by atoms with Crippen LogP contribution >= 0.6 is 0 Å². The highest BCUT2D eigenvalue weighted by atomic mass is 16.4. The van der Waals surface area contributed by atoms with Crippen LogP contribution in [-0.4, -0.2) is 44.9 Å². The second-order valence-corrected chi connectivity index (χ2v) is 9.29. The molecule has 4 rings (SSSR count). The number of likely N-dealkylation sites (tertiary alicyclic amines) is 1. The molecule has 2 fully saturated rings. The van der Waals surface area contributed by atoms with Crippen LogP contribution in [0.25, 0.3) is 10.9 Å². The van der Waals surface area contributed by atoms with Crippen molar-refractivity contribution in [2.45, 2.75) is 70.9 Å². The fourth-order valence-corrected chi connectivity index (χ4v) is 5.78. The lowest BCUT2D eigenvalue weighted by Crippen LogP contribution is -2.44. The van der Waals surface area contributed by atoms with Gasteiger partial charge in [-0.15, -0.1) is 0 Å². The molecule has 2 aromatic rings. The minimum atomic E-state index is -0.958. The van der Waals surface area contributed by atoms with Gasteiger partial charge in [0.15, 0.2) is 0 Å². The molecule has 1 aliphatic heterocycles.